The number of nitrogens with one attached hydrogen (secondary N) is 1. The van der Waals surface area contributed by atoms with Crippen LogP contribution in [-0.4, -0.2) is 111 Å². The molecule has 0 radical (unpaired) electrons. The number of likely N-dealkylation sites (N-methyl/N-ethyl adjacent to an activating group) is 1. The second-order valence-corrected chi connectivity index (χ2v) is 9.64. The van der Waals surface area contributed by atoms with E-state index in [1.165, 1.54) is 0 Å². The van der Waals surface area contributed by atoms with Crippen LogP contribution >= 0.6 is 0 Å². The molecule has 3 atom stereocenters. The predicted octanol–water partition coefficient (Wildman–Crippen LogP) is 1.70. The van der Waals surface area contributed by atoms with E-state index in [4.69, 9.17) is 14.2 Å². The molecular weight excluding hydrogens is 464 g/mol. The molecule has 36 heavy (non-hydrogen) atoms. The summed E-state index contributed by atoms with van der Waals surface area (Å²) >= 11 is 0. The molecular formula is C26H40N4O6. The summed E-state index contributed by atoms with van der Waals surface area (Å²) in [5, 5.41) is 2.82. The molecule has 1 aromatic rings. The average Bonchev–Trinajstić information content (AvgIpc) is 2.88. The normalized spacial score (nSPS) is 24.2. The molecule has 1 saturated heterocycles. The fourth-order valence-electron chi connectivity index (χ4n) is 4.49. The smallest absolute Gasteiger partial charge is 0.257 e. The summed E-state index contributed by atoms with van der Waals surface area (Å²) in [6.45, 7) is 9.85. The Hall–Kier alpha value is -2.69. The summed E-state index contributed by atoms with van der Waals surface area (Å²) in [5.74, 6) is 0.0702. The molecule has 1 fully saturated rings. The van der Waals surface area contributed by atoms with E-state index in [9.17, 15) is 14.4 Å². The van der Waals surface area contributed by atoms with Gasteiger partial charge in [-0.25, -0.2) is 0 Å². The molecule has 0 saturated carbocycles. The molecule has 3 rings (SSSR count). The largest absolute Gasteiger partial charge is 0.491 e. The number of morpholine rings is 1. The second-order valence-electron chi connectivity index (χ2n) is 9.64. The third kappa shape index (κ3) is 7.18. The maximum Gasteiger partial charge on any atom is 0.257 e. The first kappa shape index (κ1) is 27.9. The highest BCUT2D eigenvalue weighted by Crippen LogP contribution is 2.27. The summed E-state index contributed by atoms with van der Waals surface area (Å²) < 4.78 is 17.3. The van der Waals surface area contributed by atoms with Gasteiger partial charge in [0, 0.05) is 64.4 Å². The molecule has 0 aromatic heterocycles. The van der Waals surface area contributed by atoms with Crippen LogP contribution in [-0.2, 0) is 19.1 Å². The van der Waals surface area contributed by atoms with Gasteiger partial charge in [0.15, 0.2) is 0 Å². The fraction of sp³-hybridized carbons (Fsp3) is 0.654. The Morgan fingerprint density at radius 2 is 1.89 bits per heavy atom. The first-order valence-electron chi connectivity index (χ1n) is 12.7. The predicted molar refractivity (Wildman–Crippen MR) is 136 cm³/mol. The van der Waals surface area contributed by atoms with Gasteiger partial charge in [-0.15, -0.1) is 0 Å². The molecule has 2 heterocycles. The number of fused-ring (bicyclic) bond motifs is 1. The zero-order valence-electron chi connectivity index (χ0n) is 22.1. The third-order valence-electron chi connectivity index (χ3n) is 6.83. The number of rotatable bonds is 5. The van der Waals surface area contributed by atoms with E-state index in [2.05, 4.69) is 10.2 Å². The molecule has 0 aliphatic carbocycles. The molecule has 10 nitrogen and oxygen atoms in total. The number of anilines is 1. The monoisotopic (exact) mass is 504 g/mol. The molecule has 3 amide bonds. The third-order valence-corrected chi connectivity index (χ3v) is 6.83. The minimum absolute atomic E-state index is 0.00753. The molecule has 2 aliphatic rings. The quantitative estimate of drug-likeness (QED) is 0.651. The van der Waals surface area contributed by atoms with Crippen LogP contribution in [0.3, 0.4) is 0 Å². The maximum absolute atomic E-state index is 13.4. The second kappa shape index (κ2) is 13.0. The summed E-state index contributed by atoms with van der Waals surface area (Å²) in [7, 11) is 3.36. The van der Waals surface area contributed by atoms with Crippen molar-refractivity contribution in [2.75, 3.05) is 72.0 Å². The number of nitrogens with zero attached hydrogens (tertiary/aromatic N) is 3. The van der Waals surface area contributed by atoms with E-state index >= 15 is 0 Å². The zero-order valence-corrected chi connectivity index (χ0v) is 22.1. The van der Waals surface area contributed by atoms with Crippen LogP contribution in [0.4, 0.5) is 5.69 Å². The Labute approximate surface area is 213 Å². The molecule has 200 valence electrons. The van der Waals surface area contributed by atoms with Crippen LogP contribution < -0.4 is 10.1 Å². The zero-order chi connectivity index (χ0) is 26.2. The summed E-state index contributed by atoms with van der Waals surface area (Å²) in [4.78, 5) is 44.2. The summed E-state index contributed by atoms with van der Waals surface area (Å²) in [6.07, 6.45) is 0.0877. The van der Waals surface area contributed by atoms with Crippen molar-refractivity contribution in [1.82, 2.24) is 14.7 Å². The number of carbonyl (C=O) groups is 3. The molecule has 10 heteroatoms. The van der Waals surface area contributed by atoms with E-state index in [-0.39, 0.29) is 42.4 Å². The summed E-state index contributed by atoms with van der Waals surface area (Å²) in [6, 6.07) is 4.80. The Bertz CT molecular complexity index is 920. The van der Waals surface area contributed by atoms with Crippen molar-refractivity contribution in [3.63, 3.8) is 0 Å². The topological polar surface area (TPSA) is 101 Å². The number of benzene rings is 1. The molecule has 1 N–H and O–H groups in total. The van der Waals surface area contributed by atoms with E-state index in [0.717, 1.165) is 13.1 Å². The SMILES string of the molecule is CCC(=O)Nc1ccc2c(c1)OC[C@H](C)N(C(=O)CN1CCOCC1)C[C@@H](C)[C@@H](OC)CN(C)C2=O. The van der Waals surface area contributed by atoms with Gasteiger partial charge in [0.2, 0.25) is 11.8 Å². The van der Waals surface area contributed by atoms with E-state index < -0.39 is 0 Å². The Morgan fingerprint density at radius 3 is 2.56 bits per heavy atom. The van der Waals surface area contributed by atoms with Gasteiger partial charge in [-0.2, -0.15) is 0 Å². The lowest BCUT2D eigenvalue weighted by molar-refractivity contribution is -0.137. The van der Waals surface area contributed by atoms with Crippen molar-refractivity contribution >= 4 is 23.4 Å². The lowest BCUT2D eigenvalue weighted by atomic mass is 10.0. The number of methoxy groups -OCH3 is 1. The molecule has 0 unspecified atom stereocenters. The molecule has 1 aromatic carbocycles. The van der Waals surface area contributed by atoms with Crippen molar-refractivity contribution in [2.45, 2.75) is 39.3 Å². The maximum atomic E-state index is 13.4. The van der Waals surface area contributed by atoms with Crippen LogP contribution in [0.25, 0.3) is 0 Å². The number of ether oxygens (including phenoxy) is 3. The van der Waals surface area contributed by atoms with Gasteiger partial charge in [-0.1, -0.05) is 13.8 Å². The molecule has 2 aliphatic heterocycles. The van der Waals surface area contributed by atoms with Crippen molar-refractivity contribution in [1.29, 1.82) is 0 Å². The fourth-order valence-corrected chi connectivity index (χ4v) is 4.49. The molecule has 0 bridgehead atoms. The number of hydrogen-bond donors (Lipinski definition) is 1. The van der Waals surface area contributed by atoms with Gasteiger partial charge in [0.05, 0.1) is 37.5 Å². The first-order chi connectivity index (χ1) is 17.2. The minimum Gasteiger partial charge on any atom is -0.491 e. The van der Waals surface area contributed by atoms with Crippen LogP contribution in [0, 0.1) is 5.92 Å². The van der Waals surface area contributed by atoms with E-state index in [0.29, 0.717) is 56.3 Å². The van der Waals surface area contributed by atoms with E-state index in [1.807, 2.05) is 18.7 Å². The average molecular weight is 505 g/mol. The number of carbonyl (C=O) groups excluding carboxylic acids is 3. The number of hydrogen-bond acceptors (Lipinski definition) is 7. The highest BCUT2D eigenvalue weighted by atomic mass is 16.5. The number of amides is 3. The van der Waals surface area contributed by atoms with Crippen LogP contribution in [0.15, 0.2) is 18.2 Å². The van der Waals surface area contributed by atoms with Crippen molar-refractivity contribution in [3.05, 3.63) is 23.8 Å². The first-order valence-corrected chi connectivity index (χ1v) is 12.7. The minimum atomic E-state index is -0.253. The lowest BCUT2D eigenvalue weighted by Gasteiger charge is -2.37. The van der Waals surface area contributed by atoms with Gasteiger partial charge in [-0.05, 0) is 19.1 Å². The van der Waals surface area contributed by atoms with Gasteiger partial charge in [-0.3, -0.25) is 19.3 Å². The van der Waals surface area contributed by atoms with Crippen molar-refractivity contribution in [2.24, 2.45) is 5.92 Å². The summed E-state index contributed by atoms with van der Waals surface area (Å²) in [5.41, 5.74) is 0.952. The lowest BCUT2D eigenvalue weighted by Crippen LogP contribution is -2.52. The van der Waals surface area contributed by atoms with Crippen LogP contribution in [0.2, 0.25) is 0 Å². The van der Waals surface area contributed by atoms with Crippen molar-refractivity contribution in [3.8, 4) is 5.75 Å². The highest BCUT2D eigenvalue weighted by Gasteiger charge is 2.31. The van der Waals surface area contributed by atoms with Gasteiger partial charge in [0.25, 0.3) is 5.91 Å². The van der Waals surface area contributed by atoms with Gasteiger partial charge >= 0.3 is 0 Å². The Morgan fingerprint density at radius 1 is 1.17 bits per heavy atom. The Kier molecular flexibility index (Phi) is 10.1. The van der Waals surface area contributed by atoms with Crippen LogP contribution in [0.5, 0.6) is 5.75 Å². The standard InChI is InChI=1S/C26H40N4O6/c1-6-24(31)27-20-7-8-21-22(13-20)36-17-19(3)30(25(32)16-29-9-11-35-12-10-29)14-18(2)23(34-5)15-28(4)26(21)33/h7-8,13,18-19,23H,6,9-12,14-17H2,1-5H3,(H,27,31)/t18-,19+,23+/m1/s1. The molecule has 0 spiro atoms. The highest BCUT2D eigenvalue weighted by molar-refractivity contribution is 5.98. The van der Waals surface area contributed by atoms with Gasteiger partial charge < -0.3 is 29.3 Å². The van der Waals surface area contributed by atoms with Gasteiger partial charge in [0.1, 0.15) is 12.4 Å². The van der Waals surface area contributed by atoms with Crippen molar-refractivity contribution < 1.29 is 28.6 Å². The Balaban J connectivity index is 1.89. The van der Waals surface area contributed by atoms with Crippen LogP contribution in [0.1, 0.15) is 37.6 Å². The van der Waals surface area contributed by atoms with E-state index in [1.54, 1.807) is 44.2 Å².